The van der Waals surface area contributed by atoms with E-state index in [-0.39, 0.29) is 19.2 Å². The second-order valence-electron chi connectivity index (χ2n) is 5.94. The van der Waals surface area contributed by atoms with Crippen molar-refractivity contribution in [2.45, 2.75) is 76.2 Å². The molecule has 0 saturated heterocycles. The largest absolute Gasteiger partial charge is 0.469 e. The third-order valence-electron chi connectivity index (χ3n) is 3.91. The van der Waals surface area contributed by atoms with Crippen LogP contribution >= 0.6 is 0 Å². The minimum atomic E-state index is -0.806. The Morgan fingerprint density at radius 2 is 1.33 bits per heavy atom. The Morgan fingerprint density at radius 1 is 0.905 bits per heavy atom. The minimum Gasteiger partial charge on any atom is -0.469 e. The number of ether oxygens (including phenoxy) is 1. The number of aliphatic hydroxyl groups excluding tert-OH is 2. The second kappa shape index (κ2) is 13.0. The fraction of sp³-hybridized carbons (Fsp3) is 0.938. The highest BCUT2D eigenvalue weighted by Crippen LogP contribution is 2.15. The van der Waals surface area contributed by atoms with Crippen molar-refractivity contribution in [1.29, 1.82) is 0 Å². The van der Waals surface area contributed by atoms with Gasteiger partial charge in [0, 0.05) is 6.42 Å². The van der Waals surface area contributed by atoms with Crippen molar-refractivity contribution in [3.63, 3.8) is 0 Å². The van der Waals surface area contributed by atoms with Gasteiger partial charge in [-0.05, 0) is 12.8 Å². The van der Waals surface area contributed by atoms with E-state index in [1.54, 1.807) is 0 Å². The fourth-order valence-electron chi connectivity index (χ4n) is 2.29. The van der Waals surface area contributed by atoms with Gasteiger partial charge in [0.05, 0.1) is 25.9 Å². The van der Waals surface area contributed by atoms with Gasteiger partial charge in [0.15, 0.2) is 0 Å². The molecule has 0 unspecified atom stereocenters. The zero-order chi connectivity index (χ0) is 16.0. The number of aliphatic hydroxyl groups is 2. The summed E-state index contributed by atoms with van der Waals surface area (Å²) in [7, 11) is 1.43. The third kappa shape index (κ3) is 11.7. The average molecular weight is 303 g/mol. The minimum absolute atomic E-state index is 0.114. The van der Waals surface area contributed by atoms with Crippen LogP contribution in [0.1, 0.15) is 70.6 Å². The maximum atomic E-state index is 10.9. The van der Waals surface area contributed by atoms with Crippen molar-refractivity contribution in [2.75, 3.05) is 20.3 Å². The summed E-state index contributed by atoms with van der Waals surface area (Å²) in [5, 5.41) is 18.1. The lowest BCUT2D eigenvalue weighted by Gasteiger charge is -2.24. The molecule has 0 aliphatic rings. The number of hydrogen-bond donors (Lipinski definition) is 3. The lowest BCUT2D eigenvalue weighted by Crippen LogP contribution is -2.47. The first-order valence-electron chi connectivity index (χ1n) is 8.15. The number of methoxy groups -OCH3 is 1. The molecule has 0 fully saturated rings. The molecule has 0 radical (unpaired) electrons. The summed E-state index contributed by atoms with van der Waals surface area (Å²) in [5.74, 6) is -0.114. The van der Waals surface area contributed by atoms with Crippen LogP contribution in [-0.4, -0.2) is 42.0 Å². The van der Waals surface area contributed by atoms with Gasteiger partial charge in [-0.1, -0.05) is 51.4 Å². The number of nitrogens with two attached hydrogens (primary N) is 1. The first kappa shape index (κ1) is 20.3. The molecule has 0 bridgehead atoms. The zero-order valence-corrected chi connectivity index (χ0v) is 13.5. The van der Waals surface area contributed by atoms with E-state index in [0.29, 0.717) is 12.8 Å². The summed E-state index contributed by atoms with van der Waals surface area (Å²) in [6, 6.07) is 0. The molecule has 126 valence electrons. The molecule has 0 aromatic heterocycles. The number of carbonyl (C=O) groups is 1. The van der Waals surface area contributed by atoms with Crippen LogP contribution in [0.3, 0.4) is 0 Å². The van der Waals surface area contributed by atoms with Crippen molar-refractivity contribution in [2.24, 2.45) is 5.73 Å². The van der Waals surface area contributed by atoms with Gasteiger partial charge < -0.3 is 20.7 Å². The van der Waals surface area contributed by atoms with E-state index in [2.05, 4.69) is 4.74 Å². The molecule has 5 nitrogen and oxygen atoms in total. The molecular weight excluding hydrogens is 270 g/mol. The molecule has 0 spiro atoms. The zero-order valence-electron chi connectivity index (χ0n) is 13.5. The summed E-state index contributed by atoms with van der Waals surface area (Å²) in [6.07, 6.45) is 11.3. The average Bonchev–Trinajstić information content (AvgIpc) is 2.51. The highest BCUT2D eigenvalue weighted by Gasteiger charge is 2.21. The van der Waals surface area contributed by atoms with Gasteiger partial charge in [-0.2, -0.15) is 0 Å². The van der Waals surface area contributed by atoms with Gasteiger partial charge in [-0.3, -0.25) is 4.79 Å². The van der Waals surface area contributed by atoms with Gasteiger partial charge in [0.25, 0.3) is 0 Å². The molecule has 0 amide bonds. The van der Waals surface area contributed by atoms with Crippen LogP contribution in [0.25, 0.3) is 0 Å². The SMILES string of the molecule is COC(=O)CCCCCCCCCCCC(N)(CO)CO. The molecular formula is C16H33NO4. The number of hydrogen-bond acceptors (Lipinski definition) is 5. The van der Waals surface area contributed by atoms with E-state index < -0.39 is 5.54 Å². The van der Waals surface area contributed by atoms with Crippen molar-refractivity contribution < 1.29 is 19.7 Å². The summed E-state index contributed by atoms with van der Waals surface area (Å²) in [5.41, 5.74) is 5.00. The molecule has 4 N–H and O–H groups in total. The first-order valence-corrected chi connectivity index (χ1v) is 8.15. The molecule has 21 heavy (non-hydrogen) atoms. The predicted octanol–water partition coefficient (Wildman–Crippen LogP) is 2.13. The first-order chi connectivity index (χ1) is 10.1. The van der Waals surface area contributed by atoms with E-state index in [4.69, 9.17) is 15.9 Å². The van der Waals surface area contributed by atoms with Gasteiger partial charge in [-0.25, -0.2) is 0 Å². The van der Waals surface area contributed by atoms with Crippen LogP contribution in [0.15, 0.2) is 0 Å². The van der Waals surface area contributed by atoms with Crippen LogP contribution in [0, 0.1) is 0 Å². The lowest BCUT2D eigenvalue weighted by atomic mass is 9.94. The number of esters is 1. The molecule has 5 heteroatoms. The summed E-state index contributed by atoms with van der Waals surface area (Å²) in [6.45, 7) is -0.315. The smallest absolute Gasteiger partial charge is 0.305 e. The van der Waals surface area contributed by atoms with Gasteiger partial charge in [-0.15, -0.1) is 0 Å². The topological polar surface area (TPSA) is 92.8 Å². The second-order valence-corrected chi connectivity index (χ2v) is 5.94. The van der Waals surface area contributed by atoms with E-state index in [1.165, 1.54) is 39.2 Å². The Morgan fingerprint density at radius 3 is 1.76 bits per heavy atom. The van der Waals surface area contributed by atoms with E-state index in [9.17, 15) is 4.79 Å². The van der Waals surface area contributed by atoms with Crippen molar-refractivity contribution in [3.8, 4) is 0 Å². The molecule has 0 aromatic carbocycles. The Hall–Kier alpha value is -0.650. The standard InChI is InChI=1S/C16H33NO4/c1-21-15(20)11-9-7-5-3-2-4-6-8-10-12-16(17,13-18)14-19/h18-19H,2-14,17H2,1H3. The van der Waals surface area contributed by atoms with Gasteiger partial charge in [0.1, 0.15) is 0 Å². The monoisotopic (exact) mass is 303 g/mol. The maximum Gasteiger partial charge on any atom is 0.305 e. The molecule has 0 atom stereocenters. The number of rotatable bonds is 14. The summed E-state index contributed by atoms with van der Waals surface area (Å²) < 4.78 is 4.59. The quantitative estimate of drug-likeness (QED) is 0.338. The molecule has 0 rings (SSSR count). The normalized spacial score (nSPS) is 11.6. The molecule has 0 heterocycles. The Balaban J connectivity index is 3.24. The Kier molecular flexibility index (Phi) is 12.6. The lowest BCUT2D eigenvalue weighted by molar-refractivity contribution is -0.140. The van der Waals surface area contributed by atoms with Crippen molar-refractivity contribution in [3.05, 3.63) is 0 Å². The number of carbonyl (C=O) groups excluding carboxylic acids is 1. The van der Waals surface area contributed by atoms with Crippen LogP contribution in [0.5, 0.6) is 0 Å². The van der Waals surface area contributed by atoms with Gasteiger partial charge >= 0.3 is 5.97 Å². The maximum absolute atomic E-state index is 10.9. The fourth-order valence-corrected chi connectivity index (χ4v) is 2.29. The molecule has 0 aliphatic carbocycles. The number of unbranched alkanes of at least 4 members (excludes halogenated alkanes) is 8. The Bertz CT molecular complexity index is 255. The van der Waals surface area contributed by atoms with Crippen LogP contribution < -0.4 is 5.73 Å². The summed E-state index contributed by atoms with van der Waals surface area (Å²) in [4.78, 5) is 10.9. The summed E-state index contributed by atoms with van der Waals surface area (Å²) >= 11 is 0. The van der Waals surface area contributed by atoms with Crippen molar-refractivity contribution in [1.82, 2.24) is 0 Å². The van der Waals surface area contributed by atoms with Gasteiger partial charge in [0.2, 0.25) is 0 Å². The predicted molar refractivity (Wildman–Crippen MR) is 83.9 cm³/mol. The highest BCUT2D eigenvalue weighted by atomic mass is 16.5. The van der Waals surface area contributed by atoms with E-state index in [1.807, 2.05) is 0 Å². The van der Waals surface area contributed by atoms with Crippen LogP contribution in [0.2, 0.25) is 0 Å². The molecule has 0 aliphatic heterocycles. The Labute approximate surface area is 128 Å². The molecule has 0 aromatic rings. The van der Waals surface area contributed by atoms with Crippen LogP contribution in [0.4, 0.5) is 0 Å². The van der Waals surface area contributed by atoms with E-state index in [0.717, 1.165) is 25.7 Å². The van der Waals surface area contributed by atoms with Crippen LogP contribution in [-0.2, 0) is 9.53 Å². The van der Waals surface area contributed by atoms with E-state index >= 15 is 0 Å². The van der Waals surface area contributed by atoms with Crippen molar-refractivity contribution >= 4 is 5.97 Å². The molecule has 0 saturated carbocycles. The third-order valence-corrected chi connectivity index (χ3v) is 3.91. The highest BCUT2D eigenvalue weighted by molar-refractivity contribution is 5.68.